The molecule has 0 heterocycles. The van der Waals surface area contributed by atoms with Crippen LogP contribution >= 0.6 is 0 Å². The molecule has 0 spiro atoms. The number of hydrogen-bond donors (Lipinski definition) is 1. The average molecular weight is 247 g/mol. The number of benzene rings is 1. The van der Waals surface area contributed by atoms with Crippen molar-refractivity contribution in [1.82, 2.24) is 4.90 Å². The molecule has 1 aromatic carbocycles. The maximum Gasteiger partial charge on any atom is 0.254 e. The largest absolute Gasteiger partial charge is 0.378 e. The first kappa shape index (κ1) is 12.9. The van der Waals surface area contributed by atoms with Crippen LogP contribution in [0, 0.1) is 0 Å². The molecule has 1 fully saturated rings. The highest BCUT2D eigenvalue weighted by Gasteiger charge is 2.32. The molecular weight excluding hydrogens is 226 g/mol. The molecule has 0 aromatic heterocycles. The molecule has 1 aliphatic rings. The van der Waals surface area contributed by atoms with Crippen LogP contribution in [0.5, 0.6) is 0 Å². The summed E-state index contributed by atoms with van der Waals surface area (Å²) in [7, 11) is 3.95. The molecule has 0 aliphatic heterocycles. The van der Waals surface area contributed by atoms with Crippen molar-refractivity contribution < 1.29 is 4.79 Å². The van der Waals surface area contributed by atoms with E-state index >= 15 is 0 Å². The molecule has 18 heavy (non-hydrogen) atoms. The van der Waals surface area contributed by atoms with Crippen molar-refractivity contribution in [3.8, 4) is 0 Å². The van der Waals surface area contributed by atoms with Crippen molar-refractivity contribution in [3.63, 3.8) is 0 Å². The van der Waals surface area contributed by atoms with Crippen LogP contribution in [0.4, 0.5) is 5.69 Å². The zero-order valence-corrected chi connectivity index (χ0v) is 11.1. The number of carbonyl (C=O) groups is 1. The Kier molecular flexibility index (Phi) is 3.87. The highest BCUT2D eigenvalue weighted by molar-refractivity contribution is 5.95. The minimum Gasteiger partial charge on any atom is -0.378 e. The molecule has 0 unspecified atom stereocenters. The van der Waals surface area contributed by atoms with Crippen molar-refractivity contribution in [1.29, 1.82) is 0 Å². The van der Waals surface area contributed by atoms with E-state index < -0.39 is 0 Å². The van der Waals surface area contributed by atoms with E-state index in [2.05, 4.69) is 0 Å². The van der Waals surface area contributed by atoms with Gasteiger partial charge in [0.15, 0.2) is 0 Å². The van der Waals surface area contributed by atoms with Crippen LogP contribution < -0.4 is 10.6 Å². The lowest BCUT2D eigenvalue weighted by atomic mass is 10.1. The molecule has 0 saturated heterocycles. The van der Waals surface area contributed by atoms with Crippen LogP contribution in [0.2, 0.25) is 0 Å². The first-order chi connectivity index (χ1) is 8.63. The summed E-state index contributed by atoms with van der Waals surface area (Å²) in [5.41, 5.74) is 7.38. The summed E-state index contributed by atoms with van der Waals surface area (Å²) in [6.07, 6.45) is 2.22. The molecule has 4 heteroatoms. The fraction of sp³-hybridized carbons (Fsp3) is 0.500. The van der Waals surface area contributed by atoms with Gasteiger partial charge in [-0.25, -0.2) is 0 Å². The lowest BCUT2D eigenvalue weighted by molar-refractivity contribution is 0.0748. The van der Waals surface area contributed by atoms with E-state index in [0.29, 0.717) is 19.1 Å². The minimum atomic E-state index is 0.103. The van der Waals surface area contributed by atoms with E-state index in [0.717, 1.165) is 24.1 Å². The smallest absolute Gasteiger partial charge is 0.254 e. The third-order valence-corrected chi connectivity index (χ3v) is 3.23. The van der Waals surface area contributed by atoms with E-state index in [9.17, 15) is 4.79 Å². The van der Waals surface area contributed by atoms with Gasteiger partial charge in [0, 0.05) is 44.5 Å². The number of nitrogens with zero attached hydrogens (tertiary/aromatic N) is 2. The summed E-state index contributed by atoms with van der Waals surface area (Å²) < 4.78 is 0. The van der Waals surface area contributed by atoms with Crippen LogP contribution in [0.25, 0.3) is 0 Å². The Hall–Kier alpha value is -1.55. The van der Waals surface area contributed by atoms with Gasteiger partial charge in [-0.1, -0.05) is 6.07 Å². The van der Waals surface area contributed by atoms with Gasteiger partial charge < -0.3 is 15.5 Å². The van der Waals surface area contributed by atoms with Gasteiger partial charge >= 0.3 is 0 Å². The molecular formula is C14H21N3O. The summed E-state index contributed by atoms with van der Waals surface area (Å²) in [6, 6.07) is 8.15. The van der Waals surface area contributed by atoms with Gasteiger partial charge in [-0.3, -0.25) is 4.79 Å². The van der Waals surface area contributed by atoms with E-state index in [1.165, 1.54) is 0 Å². The standard InChI is InChI=1S/C14H21N3O/c1-16(2)13-5-3-4-11(10-13)14(18)17(9-8-15)12-6-7-12/h3-5,10,12H,6-9,15H2,1-2H3. The zero-order chi connectivity index (χ0) is 13.1. The molecule has 1 aromatic rings. The Morgan fingerprint density at radius 1 is 1.39 bits per heavy atom. The Morgan fingerprint density at radius 3 is 2.67 bits per heavy atom. The van der Waals surface area contributed by atoms with Crippen LogP contribution in [0.15, 0.2) is 24.3 Å². The fourth-order valence-electron chi connectivity index (χ4n) is 2.06. The topological polar surface area (TPSA) is 49.6 Å². The summed E-state index contributed by atoms with van der Waals surface area (Å²) in [5.74, 6) is 0.103. The van der Waals surface area contributed by atoms with E-state index in [-0.39, 0.29) is 5.91 Å². The molecule has 0 radical (unpaired) electrons. The molecule has 2 rings (SSSR count). The fourth-order valence-corrected chi connectivity index (χ4v) is 2.06. The monoisotopic (exact) mass is 247 g/mol. The van der Waals surface area contributed by atoms with Crippen molar-refractivity contribution in [2.24, 2.45) is 5.73 Å². The summed E-state index contributed by atoms with van der Waals surface area (Å²) >= 11 is 0. The maximum absolute atomic E-state index is 12.4. The van der Waals surface area contributed by atoms with Gasteiger partial charge in [0.1, 0.15) is 0 Å². The van der Waals surface area contributed by atoms with Crippen molar-refractivity contribution >= 4 is 11.6 Å². The van der Waals surface area contributed by atoms with Crippen LogP contribution in [0.3, 0.4) is 0 Å². The average Bonchev–Trinajstić information content (AvgIpc) is 3.19. The number of nitrogens with two attached hydrogens (primary N) is 1. The SMILES string of the molecule is CN(C)c1cccc(C(=O)N(CCN)C2CC2)c1. The second kappa shape index (κ2) is 5.40. The molecule has 2 N–H and O–H groups in total. The Morgan fingerprint density at radius 2 is 2.11 bits per heavy atom. The van der Waals surface area contributed by atoms with Crippen molar-refractivity contribution in [3.05, 3.63) is 29.8 Å². The maximum atomic E-state index is 12.4. The Labute approximate surface area is 108 Å². The summed E-state index contributed by atoms with van der Waals surface area (Å²) in [4.78, 5) is 16.4. The number of anilines is 1. The quantitative estimate of drug-likeness (QED) is 0.853. The highest BCUT2D eigenvalue weighted by atomic mass is 16.2. The molecule has 1 amide bonds. The van der Waals surface area contributed by atoms with E-state index in [1.54, 1.807) is 0 Å². The normalized spacial score (nSPS) is 14.4. The lowest BCUT2D eigenvalue weighted by Crippen LogP contribution is -2.37. The van der Waals surface area contributed by atoms with Gasteiger partial charge in [-0.15, -0.1) is 0 Å². The van der Waals surface area contributed by atoms with Crippen molar-refractivity contribution in [2.45, 2.75) is 18.9 Å². The van der Waals surface area contributed by atoms with Gasteiger partial charge in [0.25, 0.3) is 5.91 Å². The number of hydrogen-bond acceptors (Lipinski definition) is 3. The molecule has 1 saturated carbocycles. The van der Waals surface area contributed by atoms with Crippen LogP contribution in [0.1, 0.15) is 23.2 Å². The van der Waals surface area contributed by atoms with Gasteiger partial charge in [0.05, 0.1) is 0 Å². The molecule has 1 aliphatic carbocycles. The molecule has 0 atom stereocenters. The first-order valence-electron chi connectivity index (χ1n) is 6.42. The van der Waals surface area contributed by atoms with Crippen molar-refractivity contribution in [2.75, 3.05) is 32.1 Å². The zero-order valence-electron chi connectivity index (χ0n) is 11.1. The third kappa shape index (κ3) is 2.82. The molecule has 4 nitrogen and oxygen atoms in total. The van der Waals surface area contributed by atoms with Crippen LogP contribution in [-0.2, 0) is 0 Å². The number of amides is 1. The van der Waals surface area contributed by atoms with E-state index in [4.69, 9.17) is 5.73 Å². The highest BCUT2D eigenvalue weighted by Crippen LogP contribution is 2.28. The van der Waals surface area contributed by atoms with Gasteiger partial charge in [-0.2, -0.15) is 0 Å². The number of carbonyl (C=O) groups excluding carboxylic acids is 1. The lowest BCUT2D eigenvalue weighted by Gasteiger charge is -2.22. The molecule has 98 valence electrons. The van der Waals surface area contributed by atoms with Gasteiger partial charge in [0.2, 0.25) is 0 Å². The van der Waals surface area contributed by atoms with Gasteiger partial charge in [-0.05, 0) is 31.0 Å². The van der Waals surface area contributed by atoms with Crippen LogP contribution in [-0.4, -0.2) is 44.0 Å². The second-order valence-corrected chi connectivity index (χ2v) is 4.96. The predicted molar refractivity (Wildman–Crippen MR) is 73.9 cm³/mol. The summed E-state index contributed by atoms with van der Waals surface area (Å²) in [5, 5.41) is 0. The second-order valence-electron chi connectivity index (χ2n) is 4.96. The minimum absolute atomic E-state index is 0.103. The number of rotatable bonds is 5. The molecule has 0 bridgehead atoms. The van der Waals surface area contributed by atoms with E-state index in [1.807, 2.05) is 48.2 Å². The third-order valence-electron chi connectivity index (χ3n) is 3.23. The Bertz CT molecular complexity index is 427. The summed E-state index contributed by atoms with van der Waals surface area (Å²) in [6.45, 7) is 1.17. The first-order valence-corrected chi connectivity index (χ1v) is 6.42. The predicted octanol–water partition coefficient (Wildman–Crippen LogP) is 1.32. The Balaban J connectivity index is 2.18.